The predicted molar refractivity (Wildman–Crippen MR) is 88.5 cm³/mol. The van der Waals surface area contributed by atoms with Gasteiger partial charge in [0.25, 0.3) is 0 Å². The molecule has 0 bridgehead atoms. The number of benzene rings is 1. The van der Waals surface area contributed by atoms with Crippen LogP contribution in [0.1, 0.15) is 22.2 Å². The first-order chi connectivity index (χ1) is 10.4. The first-order valence-corrected chi connectivity index (χ1v) is 8.03. The van der Waals surface area contributed by atoms with Gasteiger partial charge >= 0.3 is 0 Å². The molecule has 106 valence electrons. The van der Waals surface area contributed by atoms with Crippen molar-refractivity contribution < 1.29 is 0 Å². The van der Waals surface area contributed by atoms with E-state index in [1.807, 2.05) is 35.7 Å². The zero-order chi connectivity index (χ0) is 14.3. The third-order valence-electron chi connectivity index (χ3n) is 3.42. The van der Waals surface area contributed by atoms with Crippen molar-refractivity contribution in [2.75, 3.05) is 6.54 Å². The molecule has 0 saturated carbocycles. The monoisotopic (exact) mass is 294 g/mol. The highest BCUT2D eigenvalue weighted by atomic mass is 32.1. The van der Waals surface area contributed by atoms with Crippen molar-refractivity contribution in [1.82, 2.24) is 10.3 Å². The maximum absolute atomic E-state index is 4.51. The molecule has 0 amide bonds. The van der Waals surface area contributed by atoms with E-state index in [1.165, 1.54) is 10.4 Å². The maximum atomic E-state index is 4.51. The van der Waals surface area contributed by atoms with Crippen molar-refractivity contribution >= 4 is 11.3 Å². The lowest BCUT2D eigenvalue weighted by Gasteiger charge is -2.18. The molecule has 0 saturated heterocycles. The molecule has 2 aromatic heterocycles. The summed E-state index contributed by atoms with van der Waals surface area (Å²) in [5, 5.41) is 5.76. The van der Waals surface area contributed by atoms with Crippen LogP contribution in [0.25, 0.3) is 0 Å². The van der Waals surface area contributed by atoms with E-state index in [1.54, 1.807) is 0 Å². The minimum absolute atomic E-state index is 0.146. The van der Waals surface area contributed by atoms with Gasteiger partial charge in [-0.3, -0.25) is 4.98 Å². The summed E-state index contributed by atoms with van der Waals surface area (Å²) < 4.78 is 0. The van der Waals surface area contributed by atoms with E-state index in [9.17, 15) is 0 Å². The fourth-order valence-corrected chi connectivity index (χ4v) is 3.09. The van der Waals surface area contributed by atoms with Gasteiger partial charge in [0.1, 0.15) is 0 Å². The number of nitrogens with zero attached hydrogens (tertiary/aromatic N) is 1. The van der Waals surface area contributed by atoms with E-state index >= 15 is 0 Å². The fraction of sp³-hybridized carbons (Fsp3) is 0.167. The second-order valence-electron chi connectivity index (χ2n) is 4.88. The highest BCUT2D eigenvalue weighted by Gasteiger charge is 2.13. The Labute approximate surface area is 129 Å². The Morgan fingerprint density at radius 3 is 2.52 bits per heavy atom. The fourth-order valence-electron chi connectivity index (χ4n) is 2.38. The van der Waals surface area contributed by atoms with Crippen LogP contribution in [-0.4, -0.2) is 11.5 Å². The molecule has 0 aliphatic rings. The predicted octanol–water partition coefficient (Wildman–Crippen LogP) is 4.06. The summed E-state index contributed by atoms with van der Waals surface area (Å²) in [6.07, 6.45) is 2.90. The van der Waals surface area contributed by atoms with Crippen molar-refractivity contribution in [3.63, 3.8) is 0 Å². The number of nitrogens with one attached hydrogen (secondary N) is 1. The van der Waals surface area contributed by atoms with Gasteiger partial charge in [-0.25, -0.2) is 0 Å². The molecule has 2 nitrogen and oxygen atoms in total. The quantitative estimate of drug-likeness (QED) is 0.741. The van der Waals surface area contributed by atoms with Gasteiger partial charge in [0, 0.05) is 17.6 Å². The molecule has 21 heavy (non-hydrogen) atoms. The minimum atomic E-state index is 0.146. The van der Waals surface area contributed by atoms with E-state index in [0.29, 0.717) is 0 Å². The second kappa shape index (κ2) is 7.16. The number of pyridine rings is 1. The largest absolute Gasteiger partial charge is 0.305 e. The topological polar surface area (TPSA) is 24.9 Å². The van der Waals surface area contributed by atoms with Gasteiger partial charge in [-0.2, -0.15) is 0 Å². The van der Waals surface area contributed by atoms with Crippen LogP contribution in [0.4, 0.5) is 0 Å². The molecular weight excluding hydrogens is 276 g/mol. The lowest BCUT2D eigenvalue weighted by atomic mass is 10.0. The Morgan fingerprint density at radius 2 is 1.81 bits per heavy atom. The van der Waals surface area contributed by atoms with Crippen LogP contribution in [0.5, 0.6) is 0 Å². The molecule has 1 aromatic carbocycles. The van der Waals surface area contributed by atoms with E-state index in [2.05, 4.69) is 58.1 Å². The average molecular weight is 294 g/mol. The van der Waals surface area contributed by atoms with Crippen molar-refractivity contribution in [2.24, 2.45) is 0 Å². The highest BCUT2D eigenvalue weighted by Crippen LogP contribution is 2.20. The van der Waals surface area contributed by atoms with Crippen LogP contribution < -0.4 is 5.32 Å². The SMILES string of the molecule is c1ccc(C(NCCc2cccs2)c2ccccn2)cc1. The molecule has 1 unspecified atom stereocenters. The van der Waals surface area contributed by atoms with Crippen LogP contribution in [-0.2, 0) is 6.42 Å². The molecule has 3 aromatic rings. The Morgan fingerprint density at radius 1 is 0.952 bits per heavy atom. The van der Waals surface area contributed by atoms with Gasteiger partial charge in [0.15, 0.2) is 0 Å². The number of thiophene rings is 1. The smallest absolute Gasteiger partial charge is 0.0751 e. The van der Waals surface area contributed by atoms with Crippen LogP contribution in [0.15, 0.2) is 72.2 Å². The second-order valence-corrected chi connectivity index (χ2v) is 5.91. The lowest BCUT2D eigenvalue weighted by Crippen LogP contribution is -2.25. The van der Waals surface area contributed by atoms with Gasteiger partial charge in [-0.1, -0.05) is 42.5 Å². The maximum Gasteiger partial charge on any atom is 0.0751 e. The molecule has 2 heterocycles. The molecule has 1 N–H and O–H groups in total. The van der Waals surface area contributed by atoms with Gasteiger partial charge in [-0.05, 0) is 35.6 Å². The van der Waals surface area contributed by atoms with E-state index < -0.39 is 0 Å². The summed E-state index contributed by atoms with van der Waals surface area (Å²) in [5.41, 5.74) is 2.32. The van der Waals surface area contributed by atoms with Crippen molar-refractivity contribution in [3.05, 3.63) is 88.4 Å². The third kappa shape index (κ3) is 3.78. The molecule has 0 radical (unpaired) electrons. The Bertz CT molecular complexity index is 596. The Balaban J connectivity index is 1.73. The molecule has 0 aliphatic carbocycles. The number of rotatable bonds is 6. The summed E-state index contributed by atoms with van der Waals surface area (Å²) >= 11 is 1.81. The van der Waals surface area contributed by atoms with Crippen LogP contribution in [0.2, 0.25) is 0 Å². The summed E-state index contributed by atoms with van der Waals surface area (Å²) in [4.78, 5) is 5.92. The van der Waals surface area contributed by atoms with E-state index in [4.69, 9.17) is 0 Å². The number of aromatic nitrogens is 1. The van der Waals surface area contributed by atoms with Crippen LogP contribution in [0, 0.1) is 0 Å². The zero-order valence-electron chi connectivity index (χ0n) is 11.8. The third-order valence-corrected chi connectivity index (χ3v) is 4.35. The molecule has 3 rings (SSSR count). The first-order valence-electron chi connectivity index (χ1n) is 7.15. The van der Waals surface area contributed by atoms with Crippen molar-refractivity contribution in [2.45, 2.75) is 12.5 Å². The van der Waals surface area contributed by atoms with Crippen LogP contribution >= 0.6 is 11.3 Å². The highest BCUT2D eigenvalue weighted by molar-refractivity contribution is 7.09. The van der Waals surface area contributed by atoms with E-state index in [-0.39, 0.29) is 6.04 Å². The summed E-state index contributed by atoms with van der Waals surface area (Å²) in [6.45, 7) is 0.941. The van der Waals surface area contributed by atoms with Crippen molar-refractivity contribution in [3.8, 4) is 0 Å². The Hall–Kier alpha value is -1.97. The molecular formula is C18H18N2S. The van der Waals surface area contributed by atoms with Gasteiger partial charge < -0.3 is 5.32 Å². The molecule has 1 atom stereocenters. The average Bonchev–Trinajstić information content (AvgIpc) is 3.07. The minimum Gasteiger partial charge on any atom is -0.305 e. The number of hydrogen-bond donors (Lipinski definition) is 1. The normalized spacial score (nSPS) is 12.2. The summed E-state index contributed by atoms with van der Waals surface area (Å²) in [5.74, 6) is 0. The van der Waals surface area contributed by atoms with Crippen molar-refractivity contribution in [1.29, 1.82) is 0 Å². The summed E-state index contributed by atoms with van der Waals surface area (Å²) in [7, 11) is 0. The molecule has 0 fully saturated rings. The Kier molecular flexibility index (Phi) is 4.77. The number of hydrogen-bond acceptors (Lipinski definition) is 3. The zero-order valence-corrected chi connectivity index (χ0v) is 12.6. The lowest BCUT2D eigenvalue weighted by molar-refractivity contribution is 0.595. The molecule has 0 spiro atoms. The summed E-state index contributed by atoms with van der Waals surface area (Å²) in [6, 6.07) is 21.0. The van der Waals surface area contributed by atoms with Gasteiger partial charge in [0.2, 0.25) is 0 Å². The molecule has 0 aliphatic heterocycles. The van der Waals surface area contributed by atoms with Gasteiger partial charge in [0.05, 0.1) is 11.7 Å². The van der Waals surface area contributed by atoms with Crippen LogP contribution in [0.3, 0.4) is 0 Å². The van der Waals surface area contributed by atoms with Gasteiger partial charge in [-0.15, -0.1) is 11.3 Å². The standard InChI is InChI=1S/C18H18N2S/c1-2-7-15(8-3-1)18(17-10-4-5-12-19-17)20-13-11-16-9-6-14-21-16/h1-10,12,14,18,20H,11,13H2. The molecule has 3 heteroatoms. The first kappa shape index (κ1) is 14.0. The van der Waals surface area contributed by atoms with E-state index in [0.717, 1.165) is 18.7 Å².